The Balaban J connectivity index is 1.58. The average molecular weight is 509 g/mol. The highest BCUT2D eigenvalue weighted by Crippen LogP contribution is 2.39. The van der Waals surface area contributed by atoms with E-state index in [2.05, 4.69) is 15.3 Å². The number of nitrogens with one attached hydrogen (secondary N) is 1. The molecule has 0 saturated carbocycles. The highest BCUT2D eigenvalue weighted by Gasteiger charge is 2.27. The number of methoxy groups -OCH3 is 1. The number of benzene rings is 1. The number of carbonyl (C=O) groups excluding carboxylic acids is 2. The molecule has 3 heterocycles. The van der Waals surface area contributed by atoms with Crippen molar-refractivity contribution >= 4 is 52.4 Å². The Bertz CT molecular complexity index is 1240. The molecule has 4 rings (SSSR count). The molecule has 1 N–H and O–H groups in total. The molecule has 0 bridgehead atoms. The summed E-state index contributed by atoms with van der Waals surface area (Å²) in [5.74, 6) is -0.451. The van der Waals surface area contributed by atoms with Gasteiger partial charge in [-0.1, -0.05) is 46.9 Å². The van der Waals surface area contributed by atoms with Gasteiger partial charge in [0.2, 0.25) is 0 Å². The zero-order valence-corrected chi connectivity index (χ0v) is 20.1. The average Bonchev–Trinajstić information content (AvgIpc) is 3.13. The molecule has 0 atom stereocenters. The summed E-state index contributed by atoms with van der Waals surface area (Å²) in [5, 5.41) is 3.60. The summed E-state index contributed by atoms with van der Waals surface area (Å²) in [5.41, 5.74) is 3.35. The predicted molar refractivity (Wildman–Crippen MR) is 127 cm³/mol. The van der Waals surface area contributed by atoms with Gasteiger partial charge in [0.05, 0.1) is 35.1 Å². The van der Waals surface area contributed by atoms with Gasteiger partial charge in [-0.2, -0.15) is 0 Å². The van der Waals surface area contributed by atoms with Crippen molar-refractivity contribution < 1.29 is 14.3 Å². The summed E-state index contributed by atoms with van der Waals surface area (Å²) in [6.07, 6.45) is 2.20. The zero-order valence-electron chi connectivity index (χ0n) is 17.9. The lowest BCUT2D eigenvalue weighted by atomic mass is 10.1. The van der Waals surface area contributed by atoms with Gasteiger partial charge in [-0.3, -0.25) is 14.5 Å². The highest BCUT2D eigenvalue weighted by atomic mass is 35.5. The molecule has 33 heavy (non-hydrogen) atoms. The number of amides is 1. The molecular weight excluding hydrogens is 489 g/mol. The molecule has 0 fully saturated rings. The van der Waals surface area contributed by atoms with Crippen molar-refractivity contribution in [1.29, 1.82) is 0 Å². The fourth-order valence-electron chi connectivity index (χ4n) is 3.81. The number of hydrogen-bond donors (Lipinski definition) is 1. The first-order valence-corrected chi connectivity index (χ1v) is 11.2. The van der Waals surface area contributed by atoms with Crippen molar-refractivity contribution in [3.05, 3.63) is 62.9 Å². The summed E-state index contributed by atoms with van der Waals surface area (Å²) in [4.78, 5) is 35.1. The van der Waals surface area contributed by atoms with Gasteiger partial charge in [0.25, 0.3) is 5.91 Å². The minimum atomic E-state index is -0.399. The van der Waals surface area contributed by atoms with Crippen LogP contribution in [-0.2, 0) is 29.5 Å². The maximum absolute atomic E-state index is 13.1. The number of halogens is 3. The smallest absolute Gasteiger partial charge is 0.319 e. The molecule has 1 aliphatic heterocycles. The molecule has 172 valence electrons. The van der Waals surface area contributed by atoms with Crippen LogP contribution in [0.1, 0.15) is 22.0 Å². The Morgan fingerprint density at radius 3 is 2.67 bits per heavy atom. The molecule has 0 aliphatic carbocycles. The van der Waals surface area contributed by atoms with Crippen molar-refractivity contribution in [3.63, 3.8) is 0 Å². The van der Waals surface area contributed by atoms with Crippen LogP contribution >= 0.6 is 34.8 Å². The van der Waals surface area contributed by atoms with Gasteiger partial charge in [-0.15, -0.1) is 0 Å². The number of hydrogen-bond acceptors (Lipinski definition) is 6. The Hall–Kier alpha value is -2.65. The Kier molecular flexibility index (Phi) is 6.90. The summed E-state index contributed by atoms with van der Waals surface area (Å²) in [6, 6.07) is 6.94. The molecule has 1 amide bonds. The zero-order chi connectivity index (χ0) is 23.7. The van der Waals surface area contributed by atoms with Gasteiger partial charge < -0.3 is 14.6 Å². The van der Waals surface area contributed by atoms with E-state index in [1.165, 1.54) is 13.3 Å². The summed E-state index contributed by atoms with van der Waals surface area (Å²) in [6.45, 7) is 1.31. The number of imidazole rings is 1. The third-order valence-corrected chi connectivity index (χ3v) is 6.68. The number of aromatic nitrogens is 3. The van der Waals surface area contributed by atoms with Crippen LogP contribution in [0.25, 0.3) is 11.1 Å². The molecule has 11 heteroatoms. The van der Waals surface area contributed by atoms with Gasteiger partial charge in [0.1, 0.15) is 5.15 Å². The Labute approximate surface area is 205 Å². The van der Waals surface area contributed by atoms with Crippen molar-refractivity contribution in [3.8, 4) is 11.1 Å². The van der Waals surface area contributed by atoms with Crippen molar-refractivity contribution in [2.75, 3.05) is 25.5 Å². The molecule has 0 spiro atoms. The second-order valence-corrected chi connectivity index (χ2v) is 8.62. The highest BCUT2D eigenvalue weighted by molar-refractivity contribution is 6.44. The fraction of sp³-hybridized carbons (Fsp3) is 0.273. The van der Waals surface area contributed by atoms with Gasteiger partial charge in [0, 0.05) is 49.6 Å². The van der Waals surface area contributed by atoms with Crippen LogP contribution in [0.5, 0.6) is 0 Å². The third kappa shape index (κ3) is 4.70. The third-order valence-electron chi connectivity index (χ3n) is 5.50. The molecule has 0 saturated heterocycles. The number of nitrogens with zero attached hydrogens (tertiary/aromatic N) is 4. The van der Waals surface area contributed by atoms with Crippen molar-refractivity contribution in [1.82, 2.24) is 19.4 Å². The van der Waals surface area contributed by atoms with Crippen LogP contribution in [0.3, 0.4) is 0 Å². The lowest BCUT2D eigenvalue weighted by Crippen LogP contribution is -2.35. The molecule has 0 unspecified atom stereocenters. The molecule has 8 nitrogen and oxygen atoms in total. The first-order chi connectivity index (χ1) is 15.8. The van der Waals surface area contributed by atoms with Crippen molar-refractivity contribution in [2.24, 2.45) is 7.05 Å². The molecule has 1 aliphatic rings. The Morgan fingerprint density at radius 1 is 1.15 bits per heavy atom. The number of pyridine rings is 1. The van der Waals surface area contributed by atoms with E-state index >= 15 is 0 Å². The topological polar surface area (TPSA) is 89.3 Å². The molecule has 3 aromatic rings. The van der Waals surface area contributed by atoms with Crippen LogP contribution in [0.15, 0.2) is 30.5 Å². The van der Waals surface area contributed by atoms with E-state index in [0.717, 1.165) is 11.4 Å². The largest absolute Gasteiger partial charge is 0.468 e. The second kappa shape index (κ2) is 9.69. The van der Waals surface area contributed by atoms with E-state index in [0.29, 0.717) is 41.3 Å². The van der Waals surface area contributed by atoms with Gasteiger partial charge in [-0.25, -0.2) is 9.97 Å². The number of rotatable bonds is 5. The maximum atomic E-state index is 13.1. The Morgan fingerprint density at radius 2 is 1.91 bits per heavy atom. The molecule has 0 radical (unpaired) electrons. The number of carbonyl (C=O) groups is 2. The monoisotopic (exact) mass is 507 g/mol. The SMILES string of the molecule is COC(=O)CN1CCc2c(nc(C(=O)Nc3cccc(-c4ccnc(Cl)c4Cl)c3Cl)n2C)C1. The number of ether oxygens (including phenoxy) is 1. The van der Waals surface area contributed by atoms with E-state index in [9.17, 15) is 9.59 Å². The van der Waals surface area contributed by atoms with Crippen molar-refractivity contribution in [2.45, 2.75) is 13.0 Å². The first kappa shape index (κ1) is 23.5. The number of fused-ring (bicyclic) bond motifs is 1. The van der Waals surface area contributed by atoms with Crippen LogP contribution < -0.4 is 5.32 Å². The minimum absolute atomic E-state index is 0.166. The number of esters is 1. The van der Waals surface area contributed by atoms with Crippen LogP contribution in [0.4, 0.5) is 5.69 Å². The minimum Gasteiger partial charge on any atom is -0.468 e. The van der Waals surface area contributed by atoms with Crippen LogP contribution in [0, 0.1) is 0 Å². The van der Waals surface area contributed by atoms with E-state index < -0.39 is 5.91 Å². The van der Waals surface area contributed by atoms with Gasteiger partial charge in [0.15, 0.2) is 5.82 Å². The quantitative estimate of drug-likeness (QED) is 0.410. The van der Waals surface area contributed by atoms with Crippen LogP contribution in [-0.4, -0.2) is 51.5 Å². The maximum Gasteiger partial charge on any atom is 0.319 e. The van der Waals surface area contributed by atoms with Crippen LogP contribution in [0.2, 0.25) is 15.2 Å². The lowest BCUT2D eigenvalue weighted by Gasteiger charge is -2.25. The normalized spacial score (nSPS) is 13.5. The van der Waals surface area contributed by atoms with Gasteiger partial charge in [-0.05, 0) is 12.1 Å². The lowest BCUT2D eigenvalue weighted by molar-refractivity contribution is -0.142. The molecule has 2 aromatic heterocycles. The second-order valence-electron chi connectivity index (χ2n) is 7.51. The summed E-state index contributed by atoms with van der Waals surface area (Å²) in [7, 11) is 3.16. The van der Waals surface area contributed by atoms with E-state index in [-0.39, 0.29) is 28.5 Å². The van der Waals surface area contributed by atoms with Gasteiger partial charge >= 0.3 is 5.97 Å². The predicted octanol–water partition coefficient (Wildman–Crippen LogP) is 4.23. The van der Waals surface area contributed by atoms with E-state index in [1.54, 1.807) is 35.9 Å². The summed E-state index contributed by atoms with van der Waals surface area (Å²) >= 11 is 18.9. The summed E-state index contributed by atoms with van der Waals surface area (Å²) < 4.78 is 6.51. The fourth-order valence-corrected chi connectivity index (χ4v) is 4.46. The first-order valence-electron chi connectivity index (χ1n) is 10.0. The molecule has 1 aromatic carbocycles. The standard InChI is InChI=1S/C22H20Cl3N5O3/c1-29-16-7-9-30(11-17(31)33-2)10-15(16)27-21(29)22(32)28-14-5-3-4-12(18(14)23)13-6-8-26-20(25)19(13)24/h3-6,8H,7,9-11H2,1-2H3,(H,28,32). The molecular formula is C22H20Cl3N5O3. The van der Waals surface area contributed by atoms with E-state index in [1.807, 2.05) is 4.90 Å². The van der Waals surface area contributed by atoms with E-state index in [4.69, 9.17) is 39.5 Å². The number of anilines is 1.